The van der Waals surface area contributed by atoms with Crippen molar-refractivity contribution in [2.45, 2.75) is 12.8 Å². The number of hydrogen-bond donors (Lipinski definition) is 0. The molecule has 3 aromatic rings. The average Bonchev–Trinajstić information content (AvgIpc) is 3.06. The van der Waals surface area contributed by atoms with Crippen LogP contribution in [-0.4, -0.2) is 34.6 Å². The zero-order valence-electron chi connectivity index (χ0n) is 13.1. The van der Waals surface area contributed by atoms with Crippen LogP contribution in [0.5, 0.6) is 5.75 Å². The largest absolute Gasteiger partial charge is 0.492 e. The molecule has 0 aromatic carbocycles. The molecule has 0 spiro atoms. The normalized spacial score (nSPS) is 15.8. The van der Waals surface area contributed by atoms with Gasteiger partial charge in [0.1, 0.15) is 16.3 Å². The Balaban J connectivity index is 1.34. The molecule has 0 bridgehead atoms. The lowest BCUT2D eigenvalue weighted by atomic mass is 9.98. The number of fused-ring (bicyclic) bond motifs is 1. The van der Waals surface area contributed by atoms with Gasteiger partial charge in [0, 0.05) is 37.7 Å². The molecule has 0 aliphatic carbocycles. The quantitative estimate of drug-likeness (QED) is 0.703. The minimum atomic E-state index is 0.543. The Morgan fingerprint density at radius 3 is 2.75 bits per heavy atom. The van der Waals surface area contributed by atoms with Crippen LogP contribution in [-0.2, 0) is 0 Å². The van der Waals surface area contributed by atoms with Crippen molar-refractivity contribution < 1.29 is 4.74 Å². The number of thiazole rings is 1. The van der Waals surface area contributed by atoms with E-state index in [1.54, 1.807) is 23.7 Å². The van der Waals surface area contributed by atoms with Gasteiger partial charge in [0.25, 0.3) is 0 Å². The van der Waals surface area contributed by atoms with Crippen LogP contribution in [0.2, 0.25) is 5.02 Å². The van der Waals surface area contributed by atoms with Crippen LogP contribution in [0, 0.1) is 5.92 Å². The molecule has 0 N–H and O–H groups in total. The van der Waals surface area contributed by atoms with E-state index in [9.17, 15) is 0 Å². The Morgan fingerprint density at radius 1 is 1.17 bits per heavy atom. The van der Waals surface area contributed by atoms with Crippen molar-refractivity contribution in [2.24, 2.45) is 5.92 Å². The lowest BCUT2D eigenvalue weighted by Gasteiger charge is -2.31. The van der Waals surface area contributed by atoms with Gasteiger partial charge in [0.15, 0.2) is 5.13 Å². The van der Waals surface area contributed by atoms with Gasteiger partial charge >= 0.3 is 0 Å². The molecule has 124 valence electrons. The van der Waals surface area contributed by atoms with Gasteiger partial charge in [-0.2, -0.15) is 0 Å². The number of anilines is 1. The van der Waals surface area contributed by atoms with Gasteiger partial charge in [0.2, 0.25) is 0 Å². The number of piperidine rings is 1. The molecule has 7 heteroatoms. The van der Waals surface area contributed by atoms with E-state index in [2.05, 4.69) is 14.9 Å². The molecular weight excluding hydrogens is 344 g/mol. The molecule has 3 aromatic heterocycles. The van der Waals surface area contributed by atoms with Crippen LogP contribution in [0.1, 0.15) is 12.8 Å². The van der Waals surface area contributed by atoms with Crippen molar-refractivity contribution >= 4 is 38.3 Å². The van der Waals surface area contributed by atoms with Crippen LogP contribution >= 0.6 is 22.9 Å². The number of pyridine rings is 2. The van der Waals surface area contributed by atoms with Crippen LogP contribution < -0.4 is 9.64 Å². The van der Waals surface area contributed by atoms with Crippen LogP contribution in [0.3, 0.4) is 0 Å². The summed E-state index contributed by atoms with van der Waals surface area (Å²) >= 11 is 7.81. The van der Waals surface area contributed by atoms with Gasteiger partial charge in [-0.3, -0.25) is 9.97 Å². The molecule has 0 atom stereocenters. The van der Waals surface area contributed by atoms with Gasteiger partial charge in [-0.25, -0.2) is 4.98 Å². The summed E-state index contributed by atoms with van der Waals surface area (Å²) in [6.07, 6.45) is 9.15. The first-order valence-electron chi connectivity index (χ1n) is 7.97. The van der Waals surface area contributed by atoms with E-state index in [-0.39, 0.29) is 0 Å². The maximum atomic E-state index is 6.08. The maximum Gasteiger partial charge on any atom is 0.186 e. The lowest BCUT2D eigenvalue weighted by molar-refractivity contribution is 0.223. The second-order valence-corrected chi connectivity index (χ2v) is 7.30. The first-order valence-corrected chi connectivity index (χ1v) is 9.17. The average molecular weight is 361 g/mol. The van der Waals surface area contributed by atoms with E-state index in [0.717, 1.165) is 36.6 Å². The third-order valence-corrected chi connectivity index (χ3v) is 5.65. The predicted octanol–water partition coefficient (Wildman–Crippen LogP) is 4.04. The first-order chi connectivity index (χ1) is 11.8. The molecule has 1 aliphatic rings. The van der Waals surface area contributed by atoms with E-state index in [1.165, 1.54) is 4.70 Å². The topological polar surface area (TPSA) is 51.1 Å². The van der Waals surface area contributed by atoms with Gasteiger partial charge in [-0.05, 0) is 24.8 Å². The lowest BCUT2D eigenvalue weighted by Crippen LogP contribution is -2.35. The SMILES string of the molecule is Clc1cnccc1OCC1CCN(c2nc3cnccc3s2)CC1. The van der Waals surface area contributed by atoms with Gasteiger partial charge in [-0.1, -0.05) is 22.9 Å². The molecule has 4 rings (SSSR count). The van der Waals surface area contributed by atoms with Gasteiger partial charge < -0.3 is 9.64 Å². The van der Waals surface area contributed by atoms with E-state index in [1.807, 2.05) is 24.5 Å². The molecule has 0 radical (unpaired) electrons. The summed E-state index contributed by atoms with van der Waals surface area (Å²) in [7, 11) is 0. The molecule has 5 nitrogen and oxygen atoms in total. The zero-order chi connectivity index (χ0) is 16.4. The van der Waals surface area contributed by atoms with E-state index in [4.69, 9.17) is 21.3 Å². The van der Waals surface area contributed by atoms with Crippen LogP contribution in [0.4, 0.5) is 5.13 Å². The Morgan fingerprint density at radius 2 is 1.96 bits per heavy atom. The van der Waals surface area contributed by atoms with Crippen LogP contribution in [0.15, 0.2) is 36.9 Å². The van der Waals surface area contributed by atoms with E-state index in [0.29, 0.717) is 23.3 Å². The molecule has 1 saturated heterocycles. The Labute approximate surface area is 149 Å². The summed E-state index contributed by atoms with van der Waals surface area (Å²) in [5.74, 6) is 1.26. The highest BCUT2D eigenvalue weighted by Crippen LogP contribution is 2.31. The van der Waals surface area contributed by atoms with Crippen molar-refractivity contribution in [3.63, 3.8) is 0 Å². The fourth-order valence-electron chi connectivity index (χ4n) is 2.88. The van der Waals surface area contributed by atoms with Crippen molar-refractivity contribution in [2.75, 3.05) is 24.6 Å². The smallest absolute Gasteiger partial charge is 0.186 e. The number of halogens is 1. The highest BCUT2D eigenvalue weighted by Gasteiger charge is 2.22. The minimum Gasteiger partial charge on any atom is -0.492 e. The van der Waals surface area contributed by atoms with Gasteiger partial charge in [0.05, 0.1) is 17.5 Å². The fourth-order valence-corrected chi connectivity index (χ4v) is 4.04. The van der Waals surface area contributed by atoms with Crippen molar-refractivity contribution in [1.82, 2.24) is 15.0 Å². The maximum absolute atomic E-state index is 6.08. The predicted molar refractivity (Wildman–Crippen MR) is 97.1 cm³/mol. The standard InChI is InChI=1S/C17H17ClN4OS/c18-13-9-19-5-1-15(13)23-11-12-3-7-22(8-4-12)17-21-14-10-20-6-2-16(14)24-17/h1-2,5-6,9-10,12H,3-4,7-8,11H2. The number of rotatable bonds is 4. The van der Waals surface area contributed by atoms with Crippen molar-refractivity contribution in [3.8, 4) is 5.75 Å². The third kappa shape index (κ3) is 3.30. The fraction of sp³-hybridized carbons (Fsp3) is 0.353. The molecule has 4 heterocycles. The zero-order valence-corrected chi connectivity index (χ0v) is 14.6. The summed E-state index contributed by atoms with van der Waals surface area (Å²) in [4.78, 5) is 15.2. The first kappa shape index (κ1) is 15.6. The van der Waals surface area contributed by atoms with Crippen LogP contribution in [0.25, 0.3) is 10.2 Å². The molecule has 1 aliphatic heterocycles. The molecule has 0 amide bonds. The summed E-state index contributed by atoms with van der Waals surface area (Å²) in [6, 6.07) is 3.84. The molecule has 1 fully saturated rings. The molecule has 0 saturated carbocycles. The number of ether oxygens (including phenoxy) is 1. The minimum absolute atomic E-state index is 0.543. The summed E-state index contributed by atoms with van der Waals surface area (Å²) < 4.78 is 7.05. The highest BCUT2D eigenvalue weighted by atomic mass is 35.5. The summed E-state index contributed by atoms with van der Waals surface area (Å²) in [5, 5.41) is 1.66. The number of hydrogen-bond acceptors (Lipinski definition) is 6. The molecule has 24 heavy (non-hydrogen) atoms. The van der Waals surface area contributed by atoms with E-state index >= 15 is 0 Å². The summed E-state index contributed by atoms with van der Waals surface area (Å²) in [5.41, 5.74) is 0.982. The van der Waals surface area contributed by atoms with Crippen molar-refractivity contribution in [3.05, 3.63) is 41.9 Å². The Bertz CT molecular complexity index is 799. The molecular formula is C17H17ClN4OS. The Kier molecular flexibility index (Phi) is 4.49. The summed E-state index contributed by atoms with van der Waals surface area (Å²) in [6.45, 7) is 2.71. The number of aromatic nitrogens is 3. The van der Waals surface area contributed by atoms with Crippen molar-refractivity contribution in [1.29, 1.82) is 0 Å². The molecule has 0 unspecified atom stereocenters. The monoisotopic (exact) mass is 360 g/mol. The number of nitrogens with zero attached hydrogens (tertiary/aromatic N) is 4. The van der Waals surface area contributed by atoms with Gasteiger partial charge in [-0.15, -0.1) is 0 Å². The Hall–Kier alpha value is -1.92. The second-order valence-electron chi connectivity index (χ2n) is 5.89. The van der Waals surface area contributed by atoms with E-state index < -0.39 is 0 Å². The second kappa shape index (κ2) is 6.91. The third-order valence-electron chi connectivity index (χ3n) is 4.27. The highest BCUT2D eigenvalue weighted by molar-refractivity contribution is 7.22.